The molecule has 2 aliphatic rings. The SMILES string of the molecule is CC1=C(C(=O)Nc2cc(C)cc(Cl)c2)C(c2ccc3c(c2)OCCO3)n2c(nc3ccccc32)N1. The van der Waals surface area contributed by atoms with Gasteiger partial charge in [0.25, 0.3) is 5.91 Å². The molecule has 0 saturated carbocycles. The van der Waals surface area contributed by atoms with Crippen molar-refractivity contribution in [3.63, 3.8) is 0 Å². The first-order valence-electron chi connectivity index (χ1n) is 11.4. The number of amides is 1. The number of carbonyl (C=O) groups is 1. The second kappa shape index (κ2) is 8.36. The van der Waals surface area contributed by atoms with Gasteiger partial charge in [0.1, 0.15) is 13.2 Å². The van der Waals surface area contributed by atoms with Gasteiger partial charge in [-0.2, -0.15) is 0 Å². The lowest BCUT2D eigenvalue weighted by Gasteiger charge is -2.31. The lowest BCUT2D eigenvalue weighted by molar-refractivity contribution is -0.113. The van der Waals surface area contributed by atoms with Crippen LogP contribution in [0.25, 0.3) is 11.0 Å². The molecule has 0 aliphatic carbocycles. The van der Waals surface area contributed by atoms with Crippen LogP contribution in [-0.4, -0.2) is 28.7 Å². The third-order valence-electron chi connectivity index (χ3n) is 6.26. The Kier molecular flexibility index (Phi) is 5.15. The number of benzene rings is 3. The summed E-state index contributed by atoms with van der Waals surface area (Å²) in [5, 5.41) is 6.95. The number of anilines is 2. The van der Waals surface area contributed by atoms with Gasteiger partial charge >= 0.3 is 0 Å². The van der Waals surface area contributed by atoms with Crippen LogP contribution in [0, 0.1) is 6.92 Å². The molecule has 3 heterocycles. The van der Waals surface area contributed by atoms with Gasteiger partial charge in [-0.3, -0.25) is 9.36 Å². The molecule has 1 atom stereocenters. The number of nitrogens with one attached hydrogen (secondary N) is 2. The zero-order valence-electron chi connectivity index (χ0n) is 19.3. The predicted octanol–water partition coefficient (Wildman–Crippen LogP) is 5.70. The molecule has 7 nitrogen and oxygen atoms in total. The summed E-state index contributed by atoms with van der Waals surface area (Å²) < 4.78 is 13.6. The summed E-state index contributed by atoms with van der Waals surface area (Å²) in [6.07, 6.45) is 0. The Morgan fingerprint density at radius 2 is 1.86 bits per heavy atom. The summed E-state index contributed by atoms with van der Waals surface area (Å²) in [6, 6.07) is 18.8. The number of aryl methyl sites for hydroxylation is 1. The number of aromatic nitrogens is 2. The number of rotatable bonds is 3. The van der Waals surface area contributed by atoms with Crippen LogP contribution in [0.4, 0.5) is 11.6 Å². The monoisotopic (exact) mass is 486 g/mol. The van der Waals surface area contributed by atoms with E-state index >= 15 is 0 Å². The van der Waals surface area contributed by atoms with E-state index < -0.39 is 6.04 Å². The molecule has 1 unspecified atom stereocenters. The van der Waals surface area contributed by atoms with Crippen molar-refractivity contribution in [1.29, 1.82) is 0 Å². The van der Waals surface area contributed by atoms with Crippen molar-refractivity contribution < 1.29 is 14.3 Å². The summed E-state index contributed by atoms with van der Waals surface area (Å²) in [7, 11) is 0. The molecule has 1 aromatic heterocycles. The lowest BCUT2D eigenvalue weighted by atomic mass is 9.93. The number of allylic oxidation sites excluding steroid dienone is 1. The van der Waals surface area contributed by atoms with E-state index in [2.05, 4.69) is 15.2 Å². The minimum Gasteiger partial charge on any atom is -0.486 e. The van der Waals surface area contributed by atoms with Crippen LogP contribution >= 0.6 is 11.6 Å². The first-order chi connectivity index (χ1) is 17.0. The fourth-order valence-electron chi connectivity index (χ4n) is 4.81. The van der Waals surface area contributed by atoms with Crippen LogP contribution in [0.15, 0.2) is 71.9 Å². The number of carbonyl (C=O) groups excluding carboxylic acids is 1. The number of ether oxygens (including phenoxy) is 2. The van der Waals surface area contributed by atoms with Crippen LogP contribution in [0.1, 0.15) is 24.1 Å². The number of halogens is 1. The first kappa shape index (κ1) is 21.6. The Bertz CT molecular complexity index is 1500. The average Bonchev–Trinajstić information content (AvgIpc) is 3.20. The normalized spacial score (nSPS) is 16.6. The third-order valence-corrected chi connectivity index (χ3v) is 6.48. The molecule has 0 spiro atoms. The highest BCUT2D eigenvalue weighted by Crippen LogP contribution is 2.42. The van der Waals surface area contributed by atoms with Gasteiger partial charge in [-0.25, -0.2) is 4.98 Å². The van der Waals surface area contributed by atoms with Gasteiger partial charge in [0.15, 0.2) is 11.5 Å². The lowest BCUT2D eigenvalue weighted by Crippen LogP contribution is -2.31. The second-order valence-electron chi connectivity index (χ2n) is 8.73. The first-order valence-corrected chi connectivity index (χ1v) is 11.8. The van der Waals surface area contributed by atoms with Crippen LogP contribution in [0.3, 0.4) is 0 Å². The van der Waals surface area contributed by atoms with Crippen molar-refractivity contribution in [2.45, 2.75) is 19.9 Å². The minimum atomic E-state index is -0.435. The molecule has 2 aliphatic heterocycles. The van der Waals surface area contributed by atoms with Crippen molar-refractivity contribution >= 4 is 40.2 Å². The quantitative estimate of drug-likeness (QED) is 0.388. The third kappa shape index (κ3) is 3.78. The molecule has 3 aromatic carbocycles. The van der Waals surface area contributed by atoms with Gasteiger partial charge in [0, 0.05) is 16.4 Å². The van der Waals surface area contributed by atoms with Gasteiger partial charge in [0.2, 0.25) is 5.95 Å². The fourth-order valence-corrected chi connectivity index (χ4v) is 5.10. The molecule has 4 aromatic rings. The molecule has 0 saturated heterocycles. The molecule has 2 N–H and O–H groups in total. The Morgan fingerprint density at radius 1 is 1.06 bits per heavy atom. The van der Waals surface area contributed by atoms with Crippen LogP contribution < -0.4 is 20.1 Å². The molecule has 35 heavy (non-hydrogen) atoms. The summed E-state index contributed by atoms with van der Waals surface area (Å²) in [5.74, 6) is 1.82. The van der Waals surface area contributed by atoms with E-state index in [-0.39, 0.29) is 5.91 Å². The van der Waals surface area contributed by atoms with Gasteiger partial charge in [-0.1, -0.05) is 29.8 Å². The Morgan fingerprint density at radius 3 is 2.69 bits per heavy atom. The largest absolute Gasteiger partial charge is 0.486 e. The highest BCUT2D eigenvalue weighted by atomic mass is 35.5. The summed E-state index contributed by atoms with van der Waals surface area (Å²) >= 11 is 6.24. The molecule has 0 fully saturated rings. The number of para-hydroxylation sites is 2. The van der Waals surface area contributed by atoms with E-state index in [9.17, 15) is 4.79 Å². The Hall–Kier alpha value is -3.97. The summed E-state index contributed by atoms with van der Waals surface area (Å²) in [4.78, 5) is 18.6. The maximum atomic E-state index is 13.8. The molecule has 1 amide bonds. The highest BCUT2D eigenvalue weighted by molar-refractivity contribution is 6.31. The Labute approximate surface area is 207 Å². The highest BCUT2D eigenvalue weighted by Gasteiger charge is 2.35. The van der Waals surface area contributed by atoms with Crippen molar-refractivity contribution in [1.82, 2.24) is 9.55 Å². The molecular weight excluding hydrogens is 464 g/mol. The Balaban J connectivity index is 1.50. The minimum absolute atomic E-state index is 0.222. The zero-order chi connectivity index (χ0) is 24.1. The van der Waals surface area contributed by atoms with Crippen LogP contribution in [0.5, 0.6) is 11.5 Å². The fraction of sp³-hybridized carbons (Fsp3) is 0.185. The van der Waals surface area contributed by atoms with E-state index in [1.54, 1.807) is 6.07 Å². The van der Waals surface area contributed by atoms with Gasteiger partial charge in [-0.15, -0.1) is 0 Å². The molecule has 0 bridgehead atoms. The van der Waals surface area contributed by atoms with Crippen molar-refractivity contribution in [3.05, 3.63) is 88.1 Å². The van der Waals surface area contributed by atoms with Crippen LogP contribution in [-0.2, 0) is 4.79 Å². The molecule has 8 heteroatoms. The maximum absolute atomic E-state index is 13.8. The van der Waals surface area contributed by atoms with Crippen molar-refractivity contribution in [2.24, 2.45) is 0 Å². The number of nitrogens with zero attached hydrogens (tertiary/aromatic N) is 2. The van der Waals surface area contributed by atoms with Crippen molar-refractivity contribution in [2.75, 3.05) is 23.8 Å². The molecular formula is C27H23ClN4O3. The number of hydrogen-bond acceptors (Lipinski definition) is 5. The molecule has 0 radical (unpaired) electrons. The van der Waals surface area contributed by atoms with E-state index in [4.69, 9.17) is 26.1 Å². The van der Waals surface area contributed by atoms with E-state index in [0.29, 0.717) is 46.9 Å². The summed E-state index contributed by atoms with van der Waals surface area (Å²) in [6.45, 7) is 4.84. The van der Waals surface area contributed by atoms with E-state index in [0.717, 1.165) is 27.9 Å². The molecule has 176 valence electrons. The number of fused-ring (bicyclic) bond motifs is 4. The van der Waals surface area contributed by atoms with E-state index in [1.165, 1.54) is 0 Å². The standard InChI is InChI=1S/C27H23ClN4O3/c1-15-11-18(28)14-19(12-15)30-26(33)24-16(2)29-27-31-20-5-3-4-6-21(20)32(27)25(24)17-7-8-22-23(13-17)35-10-9-34-22/h3-8,11-14,25H,9-10H2,1-2H3,(H,29,31)(H,30,33). The van der Waals surface area contributed by atoms with Gasteiger partial charge in [0.05, 0.1) is 22.6 Å². The zero-order valence-corrected chi connectivity index (χ0v) is 20.0. The second-order valence-corrected chi connectivity index (χ2v) is 9.17. The summed E-state index contributed by atoms with van der Waals surface area (Å²) in [5.41, 5.74) is 5.57. The predicted molar refractivity (Wildman–Crippen MR) is 136 cm³/mol. The maximum Gasteiger partial charge on any atom is 0.255 e. The van der Waals surface area contributed by atoms with Crippen molar-refractivity contribution in [3.8, 4) is 11.5 Å². The van der Waals surface area contributed by atoms with Crippen LogP contribution in [0.2, 0.25) is 5.02 Å². The van der Waals surface area contributed by atoms with Gasteiger partial charge < -0.3 is 20.1 Å². The molecule has 6 rings (SSSR count). The average molecular weight is 487 g/mol. The number of imidazole rings is 1. The van der Waals surface area contributed by atoms with E-state index in [1.807, 2.05) is 68.4 Å². The van der Waals surface area contributed by atoms with Gasteiger partial charge in [-0.05, 0) is 67.4 Å². The number of hydrogen-bond donors (Lipinski definition) is 2. The smallest absolute Gasteiger partial charge is 0.255 e. The topological polar surface area (TPSA) is 77.4 Å².